The van der Waals surface area contributed by atoms with E-state index in [9.17, 15) is 0 Å². The van der Waals surface area contributed by atoms with Crippen LogP contribution >= 0.6 is 15.9 Å². The Morgan fingerprint density at radius 1 is 1.22 bits per heavy atom. The maximum atomic E-state index is 6.33. The minimum absolute atomic E-state index is 0.191. The van der Waals surface area contributed by atoms with Gasteiger partial charge in [0, 0.05) is 5.33 Å². The van der Waals surface area contributed by atoms with E-state index in [1.807, 2.05) is 0 Å². The third-order valence-corrected chi connectivity index (χ3v) is 4.55. The lowest BCUT2D eigenvalue weighted by Crippen LogP contribution is -2.27. The molecule has 0 radical (unpaired) electrons. The maximum absolute atomic E-state index is 6.33. The smallest absolute Gasteiger partial charge is 0.0925 e. The molecule has 100 valence electrons. The Bertz CT molecular complexity index is 360. The SMILES string of the molecule is Cc1ccc(C(CBr)OC2CCCCC2C)cc1. The summed E-state index contributed by atoms with van der Waals surface area (Å²) in [5.41, 5.74) is 2.59. The molecule has 3 unspecified atom stereocenters. The largest absolute Gasteiger partial charge is 0.369 e. The van der Waals surface area contributed by atoms with Gasteiger partial charge < -0.3 is 4.74 Å². The molecule has 0 amide bonds. The van der Waals surface area contributed by atoms with Gasteiger partial charge >= 0.3 is 0 Å². The minimum Gasteiger partial charge on any atom is -0.369 e. The topological polar surface area (TPSA) is 9.23 Å². The number of ether oxygens (including phenoxy) is 1. The van der Waals surface area contributed by atoms with Crippen molar-refractivity contribution < 1.29 is 4.74 Å². The Kier molecular flexibility index (Phi) is 5.25. The summed E-state index contributed by atoms with van der Waals surface area (Å²) in [4.78, 5) is 0. The van der Waals surface area contributed by atoms with Crippen LogP contribution in [0.1, 0.15) is 49.8 Å². The number of rotatable bonds is 4. The molecule has 0 bridgehead atoms. The number of halogens is 1. The first-order valence-corrected chi connectivity index (χ1v) is 8.11. The summed E-state index contributed by atoms with van der Waals surface area (Å²) in [7, 11) is 0. The van der Waals surface area contributed by atoms with Crippen LogP contribution < -0.4 is 0 Å². The molecule has 0 spiro atoms. The highest BCUT2D eigenvalue weighted by atomic mass is 79.9. The molecule has 0 aromatic heterocycles. The second-order valence-electron chi connectivity index (χ2n) is 5.49. The molecular weight excluding hydrogens is 288 g/mol. The van der Waals surface area contributed by atoms with Gasteiger partial charge in [-0.15, -0.1) is 0 Å². The molecule has 0 saturated heterocycles. The number of benzene rings is 1. The summed E-state index contributed by atoms with van der Waals surface area (Å²) in [5, 5.41) is 0.874. The lowest BCUT2D eigenvalue weighted by atomic mass is 9.88. The van der Waals surface area contributed by atoms with Gasteiger partial charge in [0.15, 0.2) is 0 Å². The average Bonchev–Trinajstić information content (AvgIpc) is 2.39. The molecule has 1 aliphatic carbocycles. The van der Waals surface area contributed by atoms with Crippen molar-refractivity contribution in [3.8, 4) is 0 Å². The quantitative estimate of drug-likeness (QED) is 0.709. The van der Waals surface area contributed by atoms with Gasteiger partial charge in [-0.2, -0.15) is 0 Å². The third-order valence-electron chi connectivity index (χ3n) is 3.96. The van der Waals surface area contributed by atoms with Crippen molar-refractivity contribution in [3.05, 3.63) is 35.4 Å². The molecule has 0 heterocycles. The van der Waals surface area contributed by atoms with E-state index in [0.717, 1.165) is 5.33 Å². The minimum atomic E-state index is 0.191. The zero-order valence-electron chi connectivity index (χ0n) is 11.4. The van der Waals surface area contributed by atoms with Crippen LogP contribution in [0.15, 0.2) is 24.3 Å². The van der Waals surface area contributed by atoms with Crippen molar-refractivity contribution >= 4 is 15.9 Å². The Morgan fingerprint density at radius 2 is 1.89 bits per heavy atom. The highest BCUT2D eigenvalue weighted by Gasteiger charge is 2.25. The van der Waals surface area contributed by atoms with Gasteiger partial charge in [-0.05, 0) is 31.2 Å². The first-order chi connectivity index (χ1) is 8.70. The van der Waals surface area contributed by atoms with Crippen molar-refractivity contribution in [2.24, 2.45) is 5.92 Å². The highest BCUT2D eigenvalue weighted by Crippen LogP contribution is 2.31. The zero-order chi connectivity index (χ0) is 13.0. The normalized spacial score (nSPS) is 25.9. The van der Waals surface area contributed by atoms with E-state index in [1.165, 1.54) is 36.8 Å². The van der Waals surface area contributed by atoms with Gasteiger partial charge in [-0.1, -0.05) is 65.5 Å². The van der Waals surface area contributed by atoms with E-state index in [-0.39, 0.29) is 6.10 Å². The number of hydrogen-bond acceptors (Lipinski definition) is 1. The number of aryl methyl sites for hydroxylation is 1. The maximum Gasteiger partial charge on any atom is 0.0925 e. The molecule has 1 nitrogen and oxygen atoms in total. The fourth-order valence-corrected chi connectivity index (χ4v) is 3.21. The lowest BCUT2D eigenvalue weighted by Gasteiger charge is -2.32. The summed E-state index contributed by atoms with van der Waals surface area (Å²) < 4.78 is 6.33. The van der Waals surface area contributed by atoms with Gasteiger partial charge in [0.25, 0.3) is 0 Å². The predicted molar refractivity (Wildman–Crippen MR) is 80.2 cm³/mol. The fourth-order valence-electron chi connectivity index (χ4n) is 2.68. The summed E-state index contributed by atoms with van der Waals surface area (Å²) in [6.45, 7) is 4.45. The van der Waals surface area contributed by atoms with Gasteiger partial charge in [0.2, 0.25) is 0 Å². The van der Waals surface area contributed by atoms with Crippen molar-refractivity contribution in [2.45, 2.75) is 51.7 Å². The van der Waals surface area contributed by atoms with Crippen molar-refractivity contribution in [1.82, 2.24) is 0 Å². The van der Waals surface area contributed by atoms with Gasteiger partial charge in [-0.25, -0.2) is 0 Å². The predicted octanol–water partition coefficient (Wildman–Crippen LogP) is 5.03. The van der Waals surface area contributed by atoms with Crippen LogP contribution in [0.25, 0.3) is 0 Å². The Balaban J connectivity index is 2.02. The number of hydrogen-bond donors (Lipinski definition) is 0. The Morgan fingerprint density at radius 3 is 2.50 bits per heavy atom. The first-order valence-electron chi connectivity index (χ1n) is 6.98. The van der Waals surface area contributed by atoms with E-state index in [1.54, 1.807) is 0 Å². The van der Waals surface area contributed by atoms with Crippen LogP contribution in [0.4, 0.5) is 0 Å². The molecule has 2 heteroatoms. The molecule has 18 heavy (non-hydrogen) atoms. The van der Waals surface area contributed by atoms with E-state index >= 15 is 0 Å². The lowest BCUT2D eigenvalue weighted by molar-refractivity contribution is -0.0468. The number of alkyl halides is 1. The fraction of sp³-hybridized carbons (Fsp3) is 0.625. The molecule has 1 fully saturated rings. The summed E-state index contributed by atoms with van der Waals surface area (Å²) in [5.74, 6) is 0.700. The molecule has 0 aliphatic heterocycles. The van der Waals surface area contributed by atoms with E-state index in [4.69, 9.17) is 4.74 Å². The summed E-state index contributed by atoms with van der Waals surface area (Å²) in [6, 6.07) is 8.71. The van der Waals surface area contributed by atoms with E-state index in [0.29, 0.717) is 12.0 Å². The molecule has 3 atom stereocenters. The highest BCUT2D eigenvalue weighted by molar-refractivity contribution is 9.09. The average molecular weight is 311 g/mol. The van der Waals surface area contributed by atoms with Crippen LogP contribution in [0.2, 0.25) is 0 Å². The summed E-state index contributed by atoms with van der Waals surface area (Å²) in [6.07, 6.45) is 5.84. The molecule has 1 aliphatic rings. The standard InChI is InChI=1S/C16H23BrO/c1-12-7-9-14(10-8-12)16(11-17)18-15-6-4-3-5-13(15)2/h7-10,13,15-16H,3-6,11H2,1-2H3. The Labute approximate surface area is 119 Å². The van der Waals surface area contributed by atoms with Crippen molar-refractivity contribution in [3.63, 3.8) is 0 Å². The molecular formula is C16H23BrO. The van der Waals surface area contributed by atoms with E-state index in [2.05, 4.69) is 54.0 Å². The summed E-state index contributed by atoms with van der Waals surface area (Å²) >= 11 is 3.59. The monoisotopic (exact) mass is 310 g/mol. The van der Waals surface area contributed by atoms with Gasteiger partial charge in [0.1, 0.15) is 0 Å². The van der Waals surface area contributed by atoms with Crippen molar-refractivity contribution in [1.29, 1.82) is 0 Å². The van der Waals surface area contributed by atoms with Crippen LogP contribution in [-0.4, -0.2) is 11.4 Å². The molecule has 1 aromatic rings. The van der Waals surface area contributed by atoms with Gasteiger partial charge in [-0.3, -0.25) is 0 Å². The van der Waals surface area contributed by atoms with Crippen molar-refractivity contribution in [2.75, 3.05) is 5.33 Å². The molecule has 1 saturated carbocycles. The van der Waals surface area contributed by atoms with E-state index < -0.39 is 0 Å². The Hall–Kier alpha value is -0.340. The molecule has 0 N–H and O–H groups in total. The zero-order valence-corrected chi connectivity index (χ0v) is 12.9. The first kappa shape index (κ1) is 14.1. The third kappa shape index (κ3) is 3.58. The van der Waals surface area contributed by atoms with Crippen LogP contribution in [-0.2, 0) is 4.74 Å². The second-order valence-corrected chi connectivity index (χ2v) is 6.14. The molecule has 1 aromatic carbocycles. The second kappa shape index (κ2) is 6.72. The van der Waals surface area contributed by atoms with Gasteiger partial charge in [0.05, 0.1) is 12.2 Å². The van der Waals surface area contributed by atoms with Crippen LogP contribution in [0.5, 0.6) is 0 Å². The van der Waals surface area contributed by atoms with Crippen LogP contribution in [0, 0.1) is 12.8 Å². The molecule has 2 rings (SSSR count). The van der Waals surface area contributed by atoms with Crippen LogP contribution in [0.3, 0.4) is 0 Å².